The van der Waals surface area contributed by atoms with Crippen molar-refractivity contribution in [2.24, 2.45) is 11.8 Å². The van der Waals surface area contributed by atoms with Crippen LogP contribution >= 0.6 is 23.4 Å². The third kappa shape index (κ3) is 3.69. The van der Waals surface area contributed by atoms with Crippen molar-refractivity contribution in [2.75, 3.05) is 12.9 Å². The molecule has 2 bridgehead atoms. The molecule has 4 rings (SSSR count). The molecule has 6 nitrogen and oxygen atoms in total. The van der Waals surface area contributed by atoms with Crippen molar-refractivity contribution in [1.82, 2.24) is 20.5 Å². The number of H-pyrrole nitrogens is 1. The van der Waals surface area contributed by atoms with E-state index in [4.69, 9.17) is 16.3 Å². The predicted octanol–water partition coefficient (Wildman–Crippen LogP) is 3.53. The molecule has 1 aromatic carbocycles. The van der Waals surface area contributed by atoms with Crippen LogP contribution in [0.4, 0.5) is 0 Å². The number of aromatic nitrogens is 3. The van der Waals surface area contributed by atoms with Crippen LogP contribution < -0.4 is 10.1 Å². The van der Waals surface area contributed by atoms with Crippen molar-refractivity contribution < 1.29 is 9.53 Å². The van der Waals surface area contributed by atoms with Gasteiger partial charge >= 0.3 is 0 Å². The highest BCUT2D eigenvalue weighted by Crippen LogP contribution is 2.44. The van der Waals surface area contributed by atoms with Crippen molar-refractivity contribution in [3.63, 3.8) is 0 Å². The second-order valence-electron chi connectivity index (χ2n) is 6.95. The fourth-order valence-corrected chi connectivity index (χ4v) is 4.88. The molecule has 2 aromatic rings. The predicted molar refractivity (Wildman–Crippen MR) is 101 cm³/mol. The summed E-state index contributed by atoms with van der Waals surface area (Å²) in [6.45, 7) is 0. The van der Waals surface area contributed by atoms with Crippen LogP contribution in [0.3, 0.4) is 0 Å². The summed E-state index contributed by atoms with van der Waals surface area (Å²) in [5, 5.41) is 11.4. The molecule has 2 N–H and O–H groups in total. The number of hydrogen-bond acceptors (Lipinski definition) is 5. The SMILES string of the molecule is COc1ccc(Cl)cc1-c1nc(SCC(=O)N[C@H]2C[C@@H]3CC[C@@H]2C3)n[nH]1. The third-order valence-corrected chi connectivity index (χ3v) is 6.38. The minimum Gasteiger partial charge on any atom is -0.496 e. The van der Waals surface area contributed by atoms with Crippen LogP contribution in [0.25, 0.3) is 11.4 Å². The first-order valence-electron chi connectivity index (χ1n) is 8.81. The summed E-state index contributed by atoms with van der Waals surface area (Å²) in [5.41, 5.74) is 0.741. The van der Waals surface area contributed by atoms with Gasteiger partial charge in [-0.2, -0.15) is 0 Å². The van der Waals surface area contributed by atoms with E-state index in [1.54, 1.807) is 25.3 Å². The number of nitrogens with one attached hydrogen (secondary N) is 2. The van der Waals surface area contributed by atoms with E-state index in [1.807, 2.05) is 0 Å². The summed E-state index contributed by atoms with van der Waals surface area (Å²) in [4.78, 5) is 16.7. The summed E-state index contributed by atoms with van der Waals surface area (Å²) in [6, 6.07) is 5.68. The molecule has 1 heterocycles. The molecule has 0 saturated heterocycles. The fourth-order valence-electron chi connectivity index (χ4n) is 4.10. The maximum absolute atomic E-state index is 12.2. The Morgan fingerprint density at radius 1 is 1.42 bits per heavy atom. The number of hydrogen-bond donors (Lipinski definition) is 2. The van der Waals surface area contributed by atoms with Gasteiger partial charge in [-0.05, 0) is 49.3 Å². The lowest BCUT2D eigenvalue weighted by molar-refractivity contribution is -0.119. The highest BCUT2D eigenvalue weighted by Gasteiger charge is 2.40. The molecule has 0 aliphatic heterocycles. The van der Waals surface area contributed by atoms with Gasteiger partial charge in [0.2, 0.25) is 11.1 Å². The molecule has 1 amide bonds. The molecule has 138 valence electrons. The van der Waals surface area contributed by atoms with Gasteiger partial charge in [-0.3, -0.25) is 9.89 Å². The normalized spacial score (nSPS) is 24.0. The van der Waals surface area contributed by atoms with Crippen LogP contribution in [-0.4, -0.2) is 40.0 Å². The molecule has 3 atom stereocenters. The van der Waals surface area contributed by atoms with Gasteiger partial charge in [0.05, 0.1) is 18.4 Å². The molecule has 0 unspecified atom stereocenters. The molecule has 26 heavy (non-hydrogen) atoms. The van der Waals surface area contributed by atoms with Crippen molar-refractivity contribution >= 4 is 29.3 Å². The van der Waals surface area contributed by atoms with Crippen LogP contribution in [0.1, 0.15) is 25.7 Å². The average molecular weight is 393 g/mol. The van der Waals surface area contributed by atoms with E-state index in [2.05, 4.69) is 20.5 Å². The fraction of sp³-hybridized carbons (Fsp3) is 0.500. The lowest BCUT2D eigenvalue weighted by Crippen LogP contribution is -2.39. The van der Waals surface area contributed by atoms with Gasteiger partial charge in [-0.25, -0.2) is 4.98 Å². The van der Waals surface area contributed by atoms with E-state index < -0.39 is 0 Å². The Kier molecular flexibility index (Phi) is 5.09. The van der Waals surface area contributed by atoms with E-state index >= 15 is 0 Å². The zero-order valence-corrected chi connectivity index (χ0v) is 16.1. The Morgan fingerprint density at radius 3 is 3.04 bits per heavy atom. The first-order chi connectivity index (χ1) is 12.6. The summed E-state index contributed by atoms with van der Waals surface area (Å²) in [5.74, 6) is 3.11. The maximum atomic E-state index is 12.2. The van der Waals surface area contributed by atoms with Crippen LogP contribution in [0.5, 0.6) is 5.75 Å². The number of halogens is 1. The topological polar surface area (TPSA) is 79.9 Å². The van der Waals surface area contributed by atoms with Crippen LogP contribution in [0.2, 0.25) is 5.02 Å². The van der Waals surface area contributed by atoms with Crippen molar-refractivity contribution in [2.45, 2.75) is 36.9 Å². The Labute approximate surface area is 161 Å². The zero-order valence-electron chi connectivity index (χ0n) is 14.5. The number of methoxy groups -OCH3 is 1. The molecule has 2 saturated carbocycles. The molecule has 2 fully saturated rings. The molecule has 8 heteroatoms. The van der Waals surface area contributed by atoms with Crippen LogP contribution in [0, 0.1) is 11.8 Å². The summed E-state index contributed by atoms with van der Waals surface area (Å²) in [7, 11) is 1.60. The second-order valence-corrected chi connectivity index (χ2v) is 8.33. The first-order valence-corrected chi connectivity index (χ1v) is 10.2. The number of rotatable bonds is 6. The van der Waals surface area contributed by atoms with E-state index in [-0.39, 0.29) is 5.91 Å². The largest absolute Gasteiger partial charge is 0.496 e. The lowest BCUT2D eigenvalue weighted by atomic mass is 9.95. The number of ether oxygens (including phenoxy) is 1. The lowest BCUT2D eigenvalue weighted by Gasteiger charge is -2.22. The standard InChI is InChI=1S/C18H21ClN4O2S/c1-25-15-5-4-12(19)8-13(15)17-21-18(23-22-17)26-9-16(24)20-14-7-10-2-3-11(14)6-10/h4-5,8,10-11,14H,2-3,6-7,9H2,1H3,(H,20,24)(H,21,22,23)/t10-,11-,14+/m1/s1. The number of amides is 1. The summed E-state index contributed by atoms with van der Waals surface area (Å²) in [6.07, 6.45) is 5.01. The highest BCUT2D eigenvalue weighted by molar-refractivity contribution is 7.99. The van der Waals surface area contributed by atoms with Crippen molar-refractivity contribution in [3.05, 3.63) is 23.2 Å². The van der Waals surface area contributed by atoms with Gasteiger partial charge in [-0.1, -0.05) is 29.8 Å². The molecule has 0 radical (unpaired) electrons. The molecule has 2 aliphatic carbocycles. The highest BCUT2D eigenvalue weighted by atomic mass is 35.5. The van der Waals surface area contributed by atoms with E-state index in [0.717, 1.165) is 17.9 Å². The number of nitrogens with zero attached hydrogens (tertiary/aromatic N) is 2. The van der Waals surface area contributed by atoms with Crippen LogP contribution in [0.15, 0.2) is 23.4 Å². The monoisotopic (exact) mass is 392 g/mol. The van der Waals surface area contributed by atoms with E-state index in [9.17, 15) is 4.79 Å². The van der Waals surface area contributed by atoms with Crippen LogP contribution in [-0.2, 0) is 4.79 Å². The maximum Gasteiger partial charge on any atom is 0.230 e. The first kappa shape index (κ1) is 17.7. The quantitative estimate of drug-likeness (QED) is 0.735. The number of aromatic amines is 1. The van der Waals surface area contributed by atoms with Gasteiger partial charge in [0.15, 0.2) is 5.82 Å². The van der Waals surface area contributed by atoms with Gasteiger partial charge in [0.25, 0.3) is 0 Å². The smallest absolute Gasteiger partial charge is 0.230 e. The van der Waals surface area contributed by atoms with Crippen molar-refractivity contribution in [1.29, 1.82) is 0 Å². The summed E-state index contributed by atoms with van der Waals surface area (Å²) < 4.78 is 5.34. The van der Waals surface area contributed by atoms with Gasteiger partial charge < -0.3 is 10.1 Å². The molecular formula is C18H21ClN4O2S. The molecule has 2 aliphatic rings. The number of carbonyl (C=O) groups is 1. The minimum absolute atomic E-state index is 0.0548. The van der Waals surface area contributed by atoms with Crippen molar-refractivity contribution in [3.8, 4) is 17.1 Å². The van der Waals surface area contributed by atoms with Gasteiger partial charge in [-0.15, -0.1) is 5.10 Å². The zero-order chi connectivity index (χ0) is 18.1. The number of benzene rings is 1. The third-order valence-electron chi connectivity index (χ3n) is 5.30. The number of fused-ring (bicyclic) bond motifs is 2. The Balaban J connectivity index is 1.35. The molecule has 1 aromatic heterocycles. The average Bonchev–Trinajstić information content (AvgIpc) is 3.37. The van der Waals surface area contributed by atoms with Gasteiger partial charge in [0.1, 0.15) is 5.75 Å². The molecular weight excluding hydrogens is 372 g/mol. The summed E-state index contributed by atoms with van der Waals surface area (Å²) >= 11 is 7.39. The Morgan fingerprint density at radius 2 is 2.31 bits per heavy atom. The number of thioether (sulfide) groups is 1. The Bertz CT molecular complexity index is 812. The molecule has 0 spiro atoms. The van der Waals surface area contributed by atoms with E-state index in [1.165, 1.54) is 31.0 Å². The van der Waals surface area contributed by atoms with E-state index in [0.29, 0.717) is 39.5 Å². The minimum atomic E-state index is 0.0548. The van der Waals surface area contributed by atoms with Gasteiger partial charge in [0, 0.05) is 11.1 Å². The number of carbonyl (C=O) groups excluding carboxylic acids is 1. The Hall–Kier alpha value is -1.73. The second kappa shape index (κ2) is 7.48.